The zero-order chi connectivity index (χ0) is 19.5. The van der Waals surface area contributed by atoms with Gasteiger partial charge in [0.1, 0.15) is 0 Å². The van der Waals surface area contributed by atoms with Crippen LogP contribution in [0.5, 0.6) is 0 Å². The highest BCUT2D eigenvalue weighted by molar-refractivity contribution is 5.20. The van der Waals surface area contributed by atoms with Crippen molar-refractivity contribution < 1.29 is 0 Å². The molecule has 2 N–H and O–H groups in total. The highest BCUT2D eigenvalue weighted by Crippen LogP contribution is 2.54. The Kier molecular flexibility index (Phi) is 12.2. The molecule has 0 spiro atoms. The highest BCUT2D eigenvalue weighted by Gasteiger charge is 2.51. The summed E-state index contributed by atoms with van der Waals surface area (Å²) in [6.45, 7) is 14.3. The molecule has 0 aromatic rings. The van der Waals surface area contributed by atoms with Crippen molar-refractivity contribution in [1.29, 1.82) is 0 Å². The Hall–Kier alpha value is -0.740. The third-order valence-corrected chi connectivity index (χ3v) is 6.43. The fourth-order valence-electron chi connectivity index (χ4n) is 5.63. The summed E-state index contributed by atoms with van der Waals surface area (Å²) in [6, 6.07) is 0. The van der Waals surface area contributed by atoms with E-state index in [9.17, 15) is 0 Å². The lowest BCUT2D eigenvalue weighted by molar-refractivity contribution is 0.0473. The van der Waals surface area contributed by atoms with E-state index in [0.717, 1.165) is 17.8 Å². The molecule has 3 rings (SSSR count). The number of fused-ring (bicyclic) bond motifs is 1. The van der Waals surface area contributed by atoms with E-state index in [1.165, 1.54) is 51.4 Å². The molecule has 146 valence electrons. The first-order chi connectivity index (χ1) is 12.1. The van der Waals surface area contributed by atoms with Gasteiger partial charge in [-0.2, -0.15) is 0 Å². The van der Waals surface area contributed by atoms with Gasteiger partial charge in [-0.15, -0.1) is 12.3 Å². The molecule has 0 aromatic heterocycles. The third-order valence-electron chi connectivity index (χ3n) is 6.43. The van der Waals surface area contributed by atoms with E-state index in [2.05, 4.69) is 32.3 Å². The van der Waals surface area contributed by atoms with Gasteiger partial charge in [-0.05, 0) is 69.6 Å². The van der Waals surface area contributed by atoms with Crippen LogP contribution in [0.4, 0.5) is 0 Å². The summed E-state index contributed by atoms with van der Waals surface area (Å²) < 4.78 is 0. The molecular weight excluding hydrogens is 302 g/mol. The summed E-state index contributed by atoms with van der Waals surface area (Å²) in [6.07, 6.45) is 18.0. The lowest BCUT2D eigenvalue weighted by Crippen LogP contribution is -2.58. The molecule has 0 bridgehead atoms. The van der Waals surface area contributed by atoms with Crippen LogP contribution in [0, 0.1) is 36.0 Å². The SMILES string of the molecule is C#CC.CC.CC.CCC1C2CCCC2CCC1(N)C1CCC=C1C. The maximum atomic E-state index is 7.02. The molecule has 1 heteroatoms. The van der Waals surface area contributed by atoms with E-state index in [0.29, 0.717) is 5.92 Å². The molecule has 3 aliphatic rings. The summed E-state index contributed by atoms with van der Waals surface area (Å²) >= 11 is 0. The van der Waals surface area contributed by atoms with Crippen molar-refractivity contribution in [3.63, 3.8) is 0 Å². The average Bonchev–Trinajstić information content (AvgIpc) is 3.28. The van der Waals surface area contributed by atoms with Gasteiger partial charge in [0, 0.05) is 5.54 Å². The van der Waals surface area contributed by atoms with Gasteiger partial charge in [0.2, 0.25) is 0 Å². The molecule has 0 heterocycles. The van der Waals surface area contributed by atoms with Crippen LogP contribution in [-0.4, -0.2) is 5.54 Å². The fraction of sp³-hybridized carbons (Fsp3) is 0.833. The Bertz CT molecular complexity index is 416. The first-order valence-corrected chi connectivity index (χ1v) is 10.9. The molecule has 1 nitrogen and oxygen atoms in total. The smallest absolute Gasteiger partial charge is 0.0251 e. The average molecular weight is 348 g/mol. The van der Waals surface area contributed by atoms with Gasteiger partial charge in [0.05, 0.1) is 0 Å². The lowest BCUT2D eigenvalue weighted by Gasteiger charge is -2.51. The summed E-state index contributed by atoms with van der Waals surface area (Å²) in [5.74, 6) is 5.67. The van der Waals surface area contributed by atoms with E-state index in [-0.39, 0.29) is 5.54 Å². The molecule has 5 unspecified atom stereocenters. The Labute approximate surface area is 159 Å². The van der Waals surface area contributed by atoms with Crippen molar-refractivity contribution in [2.24, 2.45) is 29.4 Å². The molecule has 0 saturated heterocycles. The molecule has 0 radical (unpaired) electrons. The van der Waals surface area contributed by atoms with Gasteiger partial charge in [-0.25, -0.2) is 0 Å². The topological polar surface area (TPSA) is 26.0 Å². The monoisotopic (exact) mass is 347 g/mol. The quantitative estimate of drug-likeness (QED) is 0.423. The van der Waals surface area contributed by atoms with Crippen LogP contribution >= 0.6 is 0 Å². The van der Waals surface area contributed by atoms with Crippen molar-refractivity contribution in [2.75, 3.05) is 0 Å². The van der Waals surface area contributed by atoms with Gasteiger partial charge in [0.15, 0.2) is 0 Å². The maximum absolute atomic E-state index is 7.02. The van der Waals surface area contributed by atoms with Crippen LogP contribution in [0.2, 0.25) is 0 Å². The fourth-order valence-corrected chi connectivity index (χ4v) is 5.63. The van der Waals surface area contributed by atoms with Crippen LogP contribution in [0.15, 0.2) is 11.6 Å². The molecule has 0 amide bonds. The second kappa shape index (κ2) is 12.6. The minimum absolute atomic E-state index is 0.122. The molecule has 0 aliphatic heterocycles. The normalized spacial score (nSPS) is 35.4. The zero-order valence-electron chi connectivity index (χ0n) is 18.2. The Morgan fingerprint density at radius 2 is 1.76 bits per heavy atom. The van der Waals surface area contributed by atoms with Crippen molar-refractivity contribution in [3.05, 3.63) is 11.6 Å². The summed E-state index contributed by atoms with van der Waals surface area (Å²) in [4.78, 5) is 0. The Morgan fingerprint density at radius 3 is 2.24 bits per heavy atom. The van der Waals surface area contributed by atoms with Crippen LogP contribution in [-0.2, 0) is 0 Å². The van der Waals surface area contributed by atoms with E-state index >= 15 is 0 Å². The molecule has 2 saturated carbocycles. The van der Waals surface area contributed by atoms with E-state index < -0.39 is 0 Å². The predicted octanol–water partition coefficient (Wildman–Crippen LogP) is 6.97. The van der Waals surface area contributed by atoms with E-state index in [4.69, 9.17) is 5.73 Å². The maximum Gasteiger partial charge on any atom is 0.0251 e. The lowest BCUT2D eigenvalue weighted by atomic mass is 9.57. The van der Waals surface area contributed by atoms with Gasteiger partial charge in [-0.1, -0.05) is 65.5 Å². The second-order valence-electron chi connectivity index (χ2n) is 7.39. The molecule has 25 heavy (non-hydrogen) atoms. The third kappa shape index (κ3) is 5.62. The number of terminal acetylenes is 1. The second-order valence-corrected chi connectivity index (χ2v) is 7.39. The van der Waals surface area contributed by atoms with E-state index in [1.807, 2.05) is 27.7 Å². The molecule has 5 atom stereocenters. The summed E-state index contributed by atoms with van der Waals surface area (Å²) in [5, 5.41) is 0. The Morgan fingerprint density at radius 1 is 1.16 bits per heavy atom. The van der Waals surface area contributed by atoms with Crippen molar-refractivity contribution in [3.8, 4) is 12.3 Å². The van der Waals surface area contributed by atoms with E-state index in [1.54, 1.807) is 12.5 Å². The number of hydrogen-bond acceptors (Lipinski definition) is 1. The standard InChI is InChI=1S/C17H29N.C3H4.2C2H6/c1-3-15-14-8-5-7-13(14)10-11-17(15,18)16-9-4-6-12(16)2;1-3-2;2*1-2/h6,13-16H,3-5,7-11,18H2,1-2H3;1H,2H3;2*1-2H3. The number of allylic oxidation sites excluding steroid dienone is 1. The van der Waals surface area contributed by atoms with Crippen LogP contribution < -0.4 is 5.73 Å². The summed E-state index contributed by atoms with van der Waals surface area (Å²) in [7, 11) is 0. The Balaban J connectivity index is 0.000000728. The molecule has 0 aromatic carbocycles. The van der Waals surface area contributed by atoms with Crippen molar-refractivity contribution >= 4 is 0 Å². The van der Waals surface area contributed by atoms with Crippen molar-refractivity contribution in [2.45, 2.75) is 105 Å². The summed E-state index contributed by atoms with van der Waals surface area (Å²) in [5.41, 5.74) is 8.74. The van der Waals surface area contributed by atoms with Crippen LogP contribution in [0.3, 0.4) is 0 Å². The number of rotatable bonds is 2. The minimum Gasteiger partial charge on any atom is -0.324 e. The predicted molar refractivity (Wildman–Crippen MR) is 114 cm³/mol. The van der Waals surface area contributed by atoms with Crippen molar-refractivity contribution in [1.82, 2.24) is 0 Å². The van der Waals surface area contributed by atoms with Gasteiger partial charge >= 0.3 is 0 Å². The van der Waals surface area contributed by atoms with Gasteiger partial charge in [-0.3, -0.25) is 0 Å². The molecule has 3 aliphatic carbocycles. The molecular formula is C24H45N. The van der Waals surface area contributed by atoms with Gasteiger partial charge < -0.3 is 5.73 Å². The zero-order valence-corrected chi connectivity index (χ0v) is 18.2. The van der Waals surface area contributed by atoms with Crippen LogP contribution in [0.1, 0.15) is 99.8 Å². The largest absolute Gasteiger partial charge is 0.324 e. The molecule has 2 fully saturated rings. The first-order valence-electron chi connectivity index (χ1n) is 10.9. The highest BCUT2D eigenvalue weighted by atomic mass is 14.8. The van der Waals surface area contributed by atoms with Crippen LogP contribution in [0.25, 0.3) is 0 Å². The number of hydrogen-bond donors (Lipinski definition) is 1. The van der Waals surface area contributed by atoms with Gasteiger partial charge in [0.25, 0.3) is 0 Å². The number of nitrogens with two attached hydrogens (primary N) is 1. The minimum atomic E-state index is 0.122. The first kappa shape index (κ1) is 24.3.